The summed E-state index contributed by atoms with van der Waals surface area (Å²) in [5.41, 5.74) is 1.11. The highest BCUT2D eigenvalue weighted by atomic mass is 32.2. The number of thioether (sulfide) groups is 1. The van der Waals surface area contributed by atoms with Gasteiger partial charge in [-0.15, -0.1) is 11.3 Å². The Bertz CT molecular complexity index is 859. The highest BCUT2D eigenvalue weighted by Gasteiger charge is 2.19. The molecule has 1 aliphatic carbocycles. The summed E-state index contributed by atoms with van der Waals surface area (Å²) in [6.45, 7) is -0.363. The number of hydrogen-bond donors (Lipinski definition) is 3. The lowest BCUT2D eigenvalue weighted by atomic mass is 9.97. The number of hydrogen-bond acceptors (Lipinski definition) is 6. The molecular weight excluding hydrogens is 362 g/mol. The van der Waals surface area contributed by atoms with E-state index in [1.165, 1.54) is 28.6 Å². The van der Waals surface area contributed by atoms with Crippen molar-refractivity contribution in [3.05, 3.63) is 26.6 Å². The smallest absolute Gasteiger partial charge is 0.322 e. The normalized spacial score (nSPS) is 13.6. The van der Waals surface area contributed by atoms with Gasteiger partial charge in [-0.05, 0) is 31.2 Å². The zero-order chi connectivity index (χ0) is 17.8. The molecule has 0 fully saturated rings. The Morgan fingerprint density at radius 2 is 2.12 bits per heavy atom. The first-order valence-electron chi connectivity index (χ1n) is 8.14. The molecule has 0 spiro atoms. The molecule has 3 rings (SSSR count). The molecule has 1 aliphatic rings. The Morgan fingerprint density at radius 3 is 2.92 bits per heavy atom. The van der Waals surface area contributed by atoms with Crippen molar-refractivity contribution in [1.82, 2.24) is 15.3 Å². The van der Waals surface area contributed by atoms with Crippen LogP contribution in [0.25, 0.3) is 10.2 Å². The van der Waals surface area contributed by atoms with Crippen molar-refractivity contribution in [2.75, 3.05) is 12.3 Å². The van der Waals surface area contributed by atoms with E-state index in [0.29, 0.717) is 17.3 Å². The number of rotatable bonds is 7. The van der Waals surface area contributed by atoms with Crippen LogP contribution in [0.3, 0.4) is 0 Å². The van der Waals surface area contributed by atoms with Gasteiger partial charge < -0.3 is 15.4 Å². The highest BCUT2D eigenvalue weighted by Crippen LogP contribution is 2.33. The summed E-state index contributed by atoms with van der Waals surface area (Å²) < 4.78 is 0. The van der Waals surface area contributed by atoms with Crippen molar-refractivity contribution in [2.45, 2.75) is 37.9 Å². The van der Waals surface area contributed by atoms with Crippen LogP contribution in [0.1, 0.15) is 35.5 Å². The predicted octanol–water partition coefficient (Wildman–Crippen LogP) is 1.69. The fourth-order valence-electron chi connectivity index (χ4n) is 2.87. The molecule has 0 aromatic carbocycles. The zero-order valence-electron chi connectivity index (χ0n) is 13.6. The minimum absolute atomic E-state index is 0.0702. The fourth-order valence-corrected chi connectivity index (χ4v) is 4.96. The second-order valence-corrected chi connectivity index (χ2v) is 8.07. The van der Waals surface area contributed by atoms with Crippen LogP contribution < -0.4 is 10.9 Å². The number of fused-ring (bicyclic) bond motifs is 3. The molecule has 0 atom stereocenters. The molecule has 2 heterocycles. The number of nitrogens with one attached hydrogen (secondary N) is 2. The van der Waals surface area contributed by atoms with Crippen LogP contribution in [0.4, 0.5) is 0 Å². The van der Waals surface area contributed by atoms with Crippen molar-refractivity contribution in [1.29, 1.82) is 0 Å². The number of amides is 1. The van der Waals surface area contributed by atoms with Crippen LogP contribution in [0.15, 0.2) is 4.79 Å². The van der Waals surface area contributed by atoms with E-state index in [0.717, 1.165) is 29.5 Å². The van der Waals surface area contributed by atoms with E-state index in [2.05, 4.69) is 15.3 Å². The lowest BCUT2D eigenvalue weighted by Gasteiger charge is -2.09. The summed E-state index contributed by atoms with van der Waals surface area (Å²) in [6, 6.07) is 0. The van der Waals surface area contributed by atoms with E-state index in [1.54, 1.807) is 11.3 Å². The molecule has 0 saturated heterocycles. The number of carboxylic acids is 1. The molecule has 25 heavy (non-hydrogen) atoms. The molecule has 0 saturated carbocycles. The predicted molar refractivity (Wildman–Crippen MR) is 98.3 cm³/mol. The Kier molecular flexibility index (Phi) is 5.74. The van der Waals surface area contributed by atoms with E-state index >= 15 is 0 Å². The van der Waals surface area contributed by atoms with Crippen molar-refractivity contribution in [3.8, 4) is 0 Å². The van der Waals surface area contributed by atoms with Crippen LogP contribution in [0, 0.1) is 0 Å². The maximum atomic E-state index is 12.4. The van der Waals surface area contributed by atoms with Crippen LogP contribution in [-0.2, 0) is 28.2 Å². The van der Waals surface area contributed by atoms with E-state index in [4.69, 9.17) is 5.11 Å². The average Bonchev–Trinajstić information content (AvgIpc) is 2.95. The molecule has 0 unspecified atom stereocenters. The standard InChI is InChI=1S/C16H19N3O4S2/c20-12(17-7-13(21)22)5-6-24-8-11-18-15(23)14-9-3-1-2-4-10(9)25-16(14)19-11/h1-8H2,(H,17,20)(H,21,22)(H,18,19,23). The summed E-state index contributed by atoms with van der Waals surface area (Å²) in [5.74, 6) is 0.313. The van der Waals surface area contributed by atoms with Gasteiger partial charge >= 0.3 is 5.97 Å². The number of H-pyrrole nitrogens is 1. The Balaban J connectivity index is 1.58. The Hall–Kier alpha value is -1.87. The maximum absolute atomic E-state index is 12.4. The van der Waals surface area contributed by atoms with Crippen molar-refractivity contribution in [2.24, 2.45) is 0 Å². The molecule has 1 amide bonds. The Labute approximate surface area is 152 Å². The van der Waals surface area contributed by atoms with Gasteiger partial charge in [0.05, 0.1) is 11.1 Å². The molecule has 134 valence electrons. The molecule has 0 radical (unpaired) electrons. The second kappa shape index (κ2) is 8.01. The van der Waals surface area contributed by atoms with Gasteiger partial charge in [0.2, 0.25) is 5.91 Å². The van der Waals surface area contributed by atoms with Gasteiger partial charge in [0.15, 0.2) is 0 Å². The van der Waals surface area contributed by atoms with Gasteiger partial charge in [-0.3, -0.25) is 14.4 Å². The van der Waals surface area contributed by atoms with Crippen molar-refractivity contribution in [3.63, 3.8) is 0 Å². The summed E-state index contributed by atoms with van der Waals surface area (Å²) in [7, 11) is 0. The first-order valence-corrected chi connectivity index (χ1v) is 10.1. The van der Waals surface area contributed by atoms with Crippen LogP contribution in [0.2, 0.25) is 0 Å². The largest absolute Gasteiger partial charge is 0.480 e. The van der Waals surface area contributed by atoms with E-state index in [9.17, 15) is 14.4 Å². The number of thiophene rings is 1. The molecular formula is C16H19N3O4S2. The van der Waals surface area contributed by atoms with Crippen molar-refractivity contribution >= 4 is 45.2 Å². The molecule has 0 bridgehead atoms. The Morgan fingerprint density at radius 1 is 1.32 bits per heavy atom. The minimum Gasteiger partial charge on any atom is -0.480 e. The first-order chi connectivity index (χ1) is 12.0. The van der Waals surface area contributed by atoms with Crippen LogP contribution in [0.5, 0.6) is 0 Å². The molecule has 7 nitrogen and oxygen atoms in total. The number of aryl methyl sites for hydroxylation is 2. The van der Waals surface area contributed by atoms with E-state index in [-0.39, 0.29) is 24.4 Å². The van der Waals surface area contributed by atoms with E-state index < -0.39 is 5.97 Å². The topological polar surface area (TPSA) is 112 Å². The van der Waals surface area contributed by atoms with Gasteiger partial charge in [-0.25, -0.2) is 4.98 Å². The number of aliphatic carboxylic acids is 1. The van der Waals surface area contributed by atoms with Gasteiger partial charge in [-0.1, -0.05) is 0 Å². The number of carboxylic acid groups (broad SMARTS) is 1. The number of carbonyl (C=O) groups excluding carboxylic acids is 1. The van der Waals surface area contributed by atoms with Gasteiger partial charge in [0, 0.05) is 17.1 Å². The summed E-state index contributed by atoms with van der Waals surface area (Å²) in [5, 5.41) is 11.6. The molecule has 3 N–H and O–H groups in total. The van der Waals surface area contributed by atoms with Crippen molar-refractivity contribution < 1.29 is 14.7 Å². The summed E-state index contributed by atoms with van der Waals surface area (Å²) >= 11 is 3.11. The zero-order valence-corrected chi connectivity index (χ0v) is 15.2. The van der Waals surface area contributed by atoms with Gasteiger partial charge in [-0.2, -0.15) is 11.8 Å². The molecule has 0 aliphatic heterocycles. The van der Waals surface area contributed by atoms with Crippen LogP contribution >= 0.6 is 23.1 Å². The van der Waals surface area contributed by atoms with Crippen LogP contribution in [-0.4, -0.2) is 39.2 Å². The molecule has 2 aromatic rings. The third-order valence-electron chi connectivity index (χ3n) is 4.02. The highest BCUT2D eigenvalue weighted by molar-refractivity contribution is 7.98. The summed E-state index contributed by atoms with van der Waals surface area (Å²) in [4.78, 5) is 43.8. The lowest BCUT2D eigenvalue weighted by molar-refractivity contribution is -0.137. The third-order valence-corrected chi connectivity index (χ3v) is 6.18. The third kappa shape index (κ3) is 4.40. The first kappa shape index (κ1) is 17.9. The second-order valence-electron chi connectivity index (χ2n) is 5.88. The van der Waals surface area contributed by atoms with E-state index in [1.807, 2.05) is 0 Å². The fraction of sp³-hybridized carbons (Fsp3) is 0.500. The quantitative estimate of drug-likeness (QED) is 0.629. The maximum Gasteiger partial charge on any atom is 0.322 e. The summed E-state index contributed by atoms with van der Waals surface area (Å²) in [6.07, 6.45) is 4.52. The number of carbonyl (C=O) groups is 2. The number of nitrogens with zero attached hydrogens (tertiary/aromatic N) is 1. The number of aromatic nitrogens is 2. The van der Waals surface area contributed by atoms with Gasteiger partial charge in [0.25, 0.3) is 5.56 Å². The minimum atomic E-state index is -1.06. The van der Waals surface area contributed by atoms with Gasteiger partial charge in [0.1, 0.15) is 17.2 Å². The SMILES string of the molecule is O=C(O)CNC(=O)CCSCc1nc2sc3c(c2c(=O)[nH]1)CCCC3. The molecule has 2 aromatic heterocycles. The average molecular weight is 381 g/mol. The number of aromatic amines is 1. The molecule has 9 heteroatoms. The monoisotopic (exact) mass is 381 g/mol. The lowest BCUT2D eigenvalue weighted by Crippen LogP contribution is -2.29.